The predicted octanol–water partition coefficient (Wildman–Crippen LogP) is 2.79. The molecule has 3 nitrogen and oxygen atoms in total. The van der Waals surface area contributed by atoms with Crippen molar-refractivity contribution < 1.29 is 4.79 Å². The van der Waals surface area contributed by atoms with Crippen molar-refractivity contribution in [3.05, 3.63) is 0 Å². The molecule has 114 valence electrons. The molecule has 20 heavy (non-hydrogen) atoms. The highest BCUT2D eigenvalue weighted by Crippen LogP contribution is 2.43. The second-order valence-electron chi connectivity index (χ2n) is 7.40. The highest BCUT2D eigenvalue weighted by molar-refractivity contribution is 5.79. The molecule has 3 fully saturated rings. The summed E-state index contributed by atoms with van der Waals surface area (Å²) in [7, 11) is 1.99. The van der Waals surface area contributed by atoms with Crippen molar-refractivity contribution in [1.82, 2.24) is 4.90 Å². The zero-order valence-corrected chi connectivity index (χ0v) is 12.9. The van der Waals surface area contributed by atoms with Crippen LogP contribution in [0, 0.1) is 23.7 Å². The van der Waals surface area contributed by atoms with Crippen LogP contribution in [0.4, 0.5) is 0 Å². The van der Waals surface area contributed by atoms with Crippen LogP contribution in [-0.4, -0.2) is 30.4 Å². The molecule has 1 amide bonds. The number of carbonyl (C=O) groups excluding carboxylic acids is 1. The number of nitrogens with two attached hydrogens (primary N) is 1. The Morgan fingerprint density at radius 3 is 2.45 bits per heavy atom. The number of amides is 1. The van der Waals surface area contributed by atoms with E-state index >= 15 is 0 Å². The number of rotatable bonds is 4. The molecule has 3 heteroatoms. The topological polar surface area (TPSA) is 46.3 Å². The van der Waals surface area contributed by atoms with Crippen LogP contribution < -0.4 is 5.73 Å². The van der Waals surface area contributed by atoms with Crippen LogP contribution in [0.3, 0.4) is 0 Å². The van der Waals surface area contributed by atoms with E-state index in [1.165, 1.54) is 44.9 Å². The van der Waals surface area contributed by atoms with Gasteiger partial charge in [-0.15, -0.1) is 0 Å². The van der Waals surface area contributed by atoms with Gasteiger partial charge in [-0.3, -0.25) is 4.79 Å². The van der Waals surface area contributed by atoms with E-state index in [9.17, 15) is 4.79 Å². The molecule has 0 spiro atoms. The van der Waals surface area contributed by atoms with E-state index in [2.05, 4.69) is 0 Å². The Morgan fingerprint density at radius 2 is 1.80 bits per heavy atom. The Labute approximate surface area is 123 Å². The fourth-order valence-corrected chi connectivity index (χ4v) is 4.70. The number of hydrogen-bond donors (Lipinski definition) is 1. The van der Waals surface area contributed by atoms with E-state index in [-0.39, 0.29) is 5.92 Å². The number of hydrogen-bond acceptors (Lipinski definition) is 2. The van der Waals surface area contributed by atoms with Gasteiger partial charge in [0, 0.05) is 25.6 Å². The molecule has 4 atom stereocenters. The fourth-order valence-electron chi connectivity index (χ4n) is 4.70. The minimum Gasteiger partial charge on any atom is -0.341 e. The van der Waals surface area contributed by atoms with E-state index < -0.39 is 0 Å². The van der Waals surface area contributed by atoms with Gasteiger partial charge in [-0.25, -0.2) is 0 Å². The third-order valence-electron chi connectivity index (χ3n) is 6.14. The molecule has 0 bridgehead atoms. The van der Waals surface area contributed by atoms with Crippen molar-refractivity contribution in [3.8, 4) is 0 Å². The molecular formula is C17H30N2O. The highest BCUT2D eigenvalue weighted by Gasteiger charge is 2.40. The first-order chi connectivity index (χ1) is 9.70. The van der Waals surface area contributed by atoms with Gasteiger partial charge in [-0.05, 0) is 49.9 Å². The lowest BCUT2D eigenvalue weighted by Gasteiger charge is -2.40. The SMILES string of the molecule is CN(C(=O)C1CCC2CCCCC2C1)C(CN)C1CC1. The quantitative estimate of drug-likeness (QED) is 0.859. The van der Waals surface area contributed by atoms with Crippen LogP contribution in [0.15, 0.2) is 0 Å². The summed E-state index contributed by atoms with van der Waals surface area (Å²) in [4.78, 5) is 14.8. The number of likely N-dealkylation sites (N-methyl/N-ethyl adjacent to an activating group) is 1. The smallest absolute Gasteiger partial charge is 0.225 e. The fraction of sp³-hybridized carbons (Fsp3) is 0.941. The second-order valence-corrected chi connectivity index (χ2v) is 7.40. The Bertz CT molecular complexity index is 353. The molecule has 3 rings (SSSR count). The maximum Gasteiger partial charge on any atom is 0.225 e. The van der Waals surface area contributed by atoms with Crippen molar-refractivity contribution >= 4 is 5.91 Å². The summed E-state index contributed by atoms with van der Waals surface area (Å²) in [5.74, 6) is 3.10. The molecule has 0 aromatic heterocycles. The maximum absolute atomic E-state index is 12.8. The molecule has 0 aliphatic heterocycles. The zero-order chi connectivity index (χ0) is 14.1. The first kappa shape index (κ1) is 14.4. The van der Waals surface area contributed by atoms with Gasteiger partial charge in [0.25, 0.3) is 0 Å². The Balaban J connectivity index is 1.59. The molecular weight excluding hydrogens is 248 g/mol. The second kappa shape index (κ2) is 6.05. The number of nitrogens with zero attached hydrogens (tertiary/aromatic N) is 1. The van der Waals surface area contributed by atoms with Crippen LogP contribution in [0.5, 0.6) is 0 Å². The van der Waals surface area contributed by atoms with Gasteiger partial charge in [0.05, 0.1) is 0 Å². The highest BCUT2D eigenvalue weighted by atomic mass is 16.2. The lowest BCUT2D eigenvalue weighted by Crippen LogP contribution is -2.47. The summed E-state index contributed by atoms with van der Waals surface area (Å²) >= 11 is 0. The number of carbonyl (C=O) groups is 1. The van der Waals surface area contributed by atoms with Crippen LogP contribution in [0.1, 0.15) is 57.8 Å². The Morgan fingerprint density at radius 1 is 1.10 bits per heavy atom. The maximum atomic E-state index is 12.8. The van der Waals surface area contributed by atoms with Crippen molar-refractivity contribution in [2.75, 3.05) is 13.6 Å². The molecule has 2 N–H and O–H groups in total. The van der Waals surface area contributed by atoms with E-state index in [0.717, 1.165) is 24.7 Å². The largest absolute Gasteiger partial charge is 0.341 e. The Hall–Kier alpha value is -0.570. The van der Waals surface area contributed by atoms with Gasteiger partial charge < -0.3 is 10.6 Å². The van der Waals surface area contributed by atoms with Crippen molar-refractivity contribution in [1.29, 1.82) is 0 Å². The third-order valence-corrected chi connectivity index (χ3v) is 6.14. The molecule has 0 saturated heterocycles. The molecule has 3 aliphatic carbocycles. The molecule has 4 unspecified atom stereocenters. The third kappa shape index (κ3) is 2.88. The first-order valence-electron chi connectivity index (χ1n) is 8.67. The summed E-state index contributed by atoms with van der Waals surface area (Å²) in [6.07, 6.45) is 11.6. The summed E-state index contributed by atoms with van der Waals surface area (Å²) in [5, 5.41) is 0. The summed E-state index contributed by atoms with van der Waals surface area (Å²) in [5.41, 5.74) is 5.89. The first-order valence-corrected chi connectivity index (χ1v) is 8.67. The standard InChI is InChI=1S/C17H30N2O/c1-19(16(11-18)13-7-8-13)17(20)15-9-6-12-4-2-3-5-14(12)10-15/h12-16H,2-11,18H2,1H3. The molecule has 3 aliphatic rings. The summed E-state index contributed by atoms with van der Waals surface area (Å²) in [6.45, 7) is 0.631. The normalized spacial score (nSPS) is 35.2. The van der Waals surface area contributed by atoms with Gasteiger partial charge >= 0.3 is 0 Å². The molecule has 0 radical (unpaired) electrons. The molecule has 0 heterocycles. The van der Waals surface area contributed by atoms with Crippen molar-refractivity contribution in [2.24, 2.45) is 29.4 Å². The lowest BCUT2D eigenvalue weighted by molar-refractivity contribution is -0.139. The van der Waals surface area contributed by atoms with Crippen LogP contribution in [0.25, 0.3) is 0 Å². The van der Waals surface area contributed by atoms with Crippen LogP contribution in [-0.2, 0) is 4.79 Å². The average Bonchev–Trinajstić information content (AvgIpc) is 3.31. The van der Waals surface area contributed by atoms with Gasteiger partial charge in [0.15, 0.2) is 0 Å². The van der Waals surface area contributed by atoms with E-state index in [4.69, 9.17) is 5.73 Å². The lowest BCUT2D eigenvalue weighted by atomic mass is 9.67. The minimum absolute atomic E-state index is 0.284. The minimum atomic E-state index is 0.284. The van der Waals surface area contributed by atoms with Crippen LogP contribution >= 0.6 is 0 Å². The van der Waals surface area contributed by atoms with Gasteiger partial charge in [0.1, 0.15) is 0 Å². The number of fused-ring (bicyclic) bond motifs is 1. The molecule has 0 aromatic carbocycles. The van der Waals surface area contributed by atoms with E-state index in [1.54, 1.807) is 0 Å². The summed E-state index contributed by atoms with van der Waals surface area (Å²) in [6, 6.07) is 0.298. The zero-order valence-electron chi connectivity index (χ0n) is 12.9. The molecule has 3 saturated carbocycles. The van der Waals surface area contributed by atoms with Crippen molar-refractivity contribution in [2.45, 2.75) is 63.8 Å². The van der Waals surface area contributed by atoms with E-state index in [1.807, 2.05) is 11.9 Å². The Kier molecular flexibility index (Phi) is 4.34. The van der Waals surface area contributed by atoms with Gasteiger partial charge in [-0.2, -0.15) is 0 Å². The van der Waals surface area contributed by atoms with Gasteiger partial charge in [-0.1, -0.05) is 25.7 Å². The molecule has 0 aromatic rings. The van der Waals surface area contributed by atoms with Crippen molar-refractivity contribution in [3.63, 3.8) is 0 Å². The van der Waals surface area contributed by atoms with Crippen LogP contribution in [0.2, 0.25) is 0 Å². The monoisotopic (exact) mass is 278 g/mol. The predicted molar refractivity (Wildman–Crippen MR) is 81.1 cm³/mol. The average molecular weight is 278 g/mol. The van der Waals surface area contributed by atoms with Gasteiger partial charge in [0.2, 0.25) is 5.91 Å². The summed E-state index contributed by atoms with van der Waals surface area (Å²) < 4.78 is 0. The van der Waals surface area contributed by atoms with E-state index in [0.29, 0.717) is 24.4 Å².